The fraction of sp³-hybridized carbons (Fsp3) is 0.286. The molecule has 1 N–H and O–H groups in total. The molecule has 0 heterocycles. The molecule has 0 fully saturated rings. The second-order valence-corrected chi connectivity index (χ2v) is 13.4. The van der Waals surface area contributed by atoms with Gasteiger partial charge in [0.15, 0.2) is 0 Å². The quantitative estimate of drug-likeness (QED) is 0.267. The Morgan fingerprint density at radius 2 is 1.56 bits per heavy atom. The summed E-state index contributed by atoms with van der Waals surface area (Å²) in [6.45, 7) is 3.21. The SMILES string of the molecule is CC(C)NC(=O)C(Cc1ccccc1)N(Cc1ccc(Cl)c(Cl)c1)C(=O)CN(c1ccc(I)cc1)S(C)(=O)=O. The fourth-order valence-electron chi connectivity index (χ4n) is 3.99. The molecule has 7 nitrogen and oxygen atoms in total. The van der Waals surface area contributed by atoms with Crippen LogP contribution >= 0.6 is 45.8 Å². The maximum Gasteiger partial charge on any atom is 0.244 e. The number of amides is 2. The molecule has 0 saturated carbocycles. The Hall–Kier alpha value is -2.34. The first-order valence-corrected chi connectivity index (χ1v) is 15.8. The van der Waals surface area contributed by atoms with Crippen molar-refractivity contribution in [3.8, 4) is 0 Å². The number of rotatable bonds is 11. The standard InChI is InChI=1S/C28H30Cl2IN3O4S/c1-19(2)32-28(36)26(16-20-7-5-4-6-8-20)33(17-21-9-14-24(29)25(30)15-21)27(35)18-34(39(3,37)38)23-12-10-22(31)11-13-23/h4-15,19,26H,16-18H2,1-3H3,(H,32,36). The van der Waals surface area contributed by atoms with E-state index in [0.717, 1.165) is 19.7 Å². The van der Waals surface area contributed by atoms with Crippen LogP contribution in [0.2, 0.25) is 10.0 Å². The van der Waals surface area contributed by atoms with E-state index >= 15 is 0 Å². The van der Waals surface area contributed by atoms with Crippen LogP contribution in [0.25, 0.3) is 0 Å². The first-order chi connectivity index (χ1) is 18.3. The van der Waals surface area contributed by atoms with E-state index in [9.17, 15) is 18.0 Å². The van der Waals surface area contributed by atoms with Gasteiger partial charge in [0.2, 0.25) is 21.8 Å². The van der Waals surface area contributed by atoms with Crippen LogP contribution in [0.5, 0.6) is 0 Å². The van der Waals surface area contributed by atoms with Gasteiger partial charge in [0.25, 0.3) is 0 Å². The van der Waals surface area contributed by atoms with E-state index in [0.29, 0.717) is 21.3 Å². The Bertz CT molecular complexity index is 1400. The highest BCUT2D eigenvalue weighted by Gasteiger charge is 2.33. The van der Waals surface area contributed by atoms with E-state index < -0.39 is 28.5 Å². The Morgan fingerprint density at radius 1 is 0.923 bits per heavy atom. The van der Waals surface area contributed by atoms with Crippen LogP contribution < -0.4 is 9.62 Å². The predicted octanol–water partition coefficient (Wildman–Crippen LogP) is 5.53. The molecule has 0 saturated heterocycles. The maximum absolute atomic E-state index is 14.0. The maximum atomic E-state index is 14.0. The van der Waals surface area contributed by atoms with Gasteiger partial charge in [-0.05, 0) is 84.0 Å². The molecule has 0 radical (unpaired) electrons. The van der Waals surface area contributed by atoms with Gasteiger partial charge in [-0.15, -0.1) is 0 Å². The van der Waals surface area contributed by atoms with E-state index in [1.807, 2.05) is 44.2 Å². The monoisotopic (exact) mass is 701 g/mol. The topological polar surface area (TPSA) is 86.8 Å². The van der Waals surface area contributed by atoms with Crippen molar-refractivity contribution in [1.82, 2.24) is 10.2 Å². The number of anilines is 1. The zero-order valence-electron chi connectivity index (χ0n) is 21.8. The molecule has 0 aromatic heterocycles. The summed E-state index contributed by atoms with van der Waals surface area (Å²) >= 11 is 14.5. The van der Waals surface area contributed by atoms with Crippen molar-refractivity contribution in [2.45, 2.75) is 38.9 Å². The molecule has 0 bridgehead atoms. The van der Waals surface area contributed by atoms with Crippen LogP contribution in [0.4, 0.5) is 5.69 Å². The average molecular weight is 702 g/mol. The number of nitrogens with one attached hydrogen (secondary N) is 1. The van der Waals surface area contributed by atoms with Gasteiger partial charge in [-0.3, -0.25) is 13.9 Å². The number of carbonyl (C=O) groups excluding carboxylic acids is 2. The molecule has 39 heavy (non-hydrogen) atoms. The molecule has 3 aromatic rings. The summed E-state index contributed by atoms with van der Waals surface area (Å²) in [5.41, 5.74) is 1.85. The summed E-state index contributed by atoms with van der Waals surface area (Å²) in [7, 11) is -3.82. The van der Waals surface area contributed by atoms with Crippen molar-refractivity contribution in [3.63, 3.8) is 0 Å². The van der Waals surface area contributed by atoms with Crippen molar-refractivity contribution in [2.24, 2.45) is 0 Å². The number of nitrogens with zero attached hydrogens (tertiary/aromatic N) is 2. The Balaban J connectivity index is 2.06. The molecule has 0 aliphatic rings. The van der Waals surface area contributed by atoms with Gasteiger partial charge in [0, 0.05) is 22.6 Å². The number of hydrogen-bond acceptors (Lipinski definition) is 4. The third-order valence-corrected chi connectivity index (χ3v) is 8.43. The minimum absolute atomic E-state index is 0.0169. The lowest BCUT2D eigenvalue weighted by Crippen LogP contribution is -2.54. The molecule has 208 valence electrons. The second-order valence-electron chi connectivity index (χ2n) is 9.38. The average Bonchev–Trinajstić information content (AvgIpc) is 2.87. The van der Waals surface area contributed by atoms with Crippen LogP contribution in [0, 0.1) is 3.57 Å². The largest absolute Gasteiger partial charge is 0.352 e. The van der Waals surface area contributed by atoms with Gasteiger partial charge in [0.1, 0.15) is 12.6 Å². The van der Waals surface area contributed by atoms with Crippen LogP contribution in [0.3, 0.4) is 0 Å². The molecule has 1 atom stereocenters. The highest BCUT2D eigenvalue weighted by molar-refractivity contribution is 14.1. The van der Waals surface area contributed by atoms with Gasteiger partial charge in [-0.25, -0.2) is 8.42 Å². The van der Waals surface area contributed by atoms with Crippen LogP contribution in [0.1, 0.15) is 25.0 Å². The minimum atomic E-state index is -3.82. The lowest BCUT2D eigenvalue weighted by atomic mass is 10.0. The van der Waals surface area contributed by atoms with E-state index in [1.165, 1.54) is 4.90 Å². The first-order valence-electron chi connectivity index (χ1n) is 12.2. The number of benzene rings is 3. The molecule has 0 aliphatic heterocycles. The van der Waals surface area contributed by atoms with E-state index in [2.05, 4.69) is 27.9 Å². The van der Waals surface area contributed by atoms with E-state index in [-0.39, 0.29) is 24.9 Å². The van der Waals surface area contributed by atoms with Gasteiger partial charge in [-0.2, -0.15) is 0 Å². The molecule has 1 unspecified atom stereocenters. The molecule has 11 heteroatoms. The van der Waals surface area contributed by atoms with Gasteiger partial charge < -0.3 is 10.2 Å². The third kappa shape index (κ3) is 9.09. The number of sulfonamides is 1. The molecular formula is C28H30Cl2IN3O4S. The van der Waals surface area contributed by atoms with Crippen LogP contribution in [0.15, 0.2) is 72.8 Å². The summed E-state index contributed by atoms with van der Waals surface area (Å²) in [6.07, 6.45) is 1.28. The van der Waals surface area contributed by atoms with Crippen LogP contribution in [-0.4, -0.2) is 50.0 Å². The Kier molecular flexibility index (Phi) is 11.1. The molecule has 3 rings (SSSR count). The number of halogens is 3. The summed E-state index contributed by atoms with van der Waals surface area (Å²) in [6, 6.07) is 20.1. The Labute approximate surface area is 253 Å². The fourth-order valence-corrected chi connectivity index (χ4v) is 5.52. The van der Waals surface area contributed by atoms with Crippen molar-refractivity contribution < 1.29 is 18.0 Å². The highest BCUT2D eigenvalue weighted by atomic mass is 127. The van der Waals surface area contributed by atoms with Crippen LogP contribution in [-0.2, 0) is 32.6 Å². The smallest absolute Gasteiger partial charge is 0.244 e. The summed E-state index contributed by atoms with van der Waals surface area (Å²) in [5.74, 6) is -0.882. The number of hydrogen-bond donors (Lipinski definition) is 1. The van der Waals surface area contributed by atoms with Crippen molar-refractivity contribution in [3.05, 3.63) is 97.5 Å². The van der Waals surface area contributed by atoms with Crippen molar-refractivity contribution in [1.29, 1.82) is 0 Å². The molecular weight excluding hydrogens is 672 g/mol. The summed E-state index contributed by atoms with van der Waals surface area (Å²) < 4.78 is 27.6. The molecule has 2 amide bonds. The second kappa shape index (κ2) is 13.8. The van der Waals surface area contributed by atoms with E-state index in [1.54, 1.807) is 42.5 Å². The van der Waals surface area contributed by atoms with Crippen molar-refractivity contribution in [2.75, 3.05) is 17.1 Å². The lowest BCUT2D eigenvalue weighted by Gasteiger charge is -2.34. The molecule has 0 aliphatic carbocycles. The zero-order valence-corrected chi connectivity index (χ0v) is 26.3. The summed E-state index contributed by atoms with van der Waals surface area (Å²) in [4.78, 5) is 28.9. The third-order valence-electron chi connectivity index (χ3n) is 5.83. The Morgan fingerprint density at radius 3 is 2.13 bits per heavy atom. The minimum Gasteiger partial charge on any atom is -0.352 e. The lowest BCUT2D eigenvalue weighted by molar-refractivity contribution is -0.140. The van der Waals surface area contributed by atoms with E-state index in [4.69, 9.17) is 23.2 Å². The number of carbonyl (C=O) groups is 2. The predicted molar refractivity (Wildman–Crippen MR) is 166 cm³/mol. The molecule has 3 aromatic carbocycles. The zero-order chi connectivity index (χ0) is 28.7. The first kappa shape index (κ1) is 31.2. The van der Waals surface area contributed by atoms with Gasteiger partial charge in [0.05, 0.1) is 22.0 Å². The van der Waals surface area contributed by atoms with Crippen molar-refractivity contribution >= 4 is 73.3 Å². The molecule has 0 spiro atoms. The highest BCUT2D eigenvalue weighted by Crippen LogP contribution is 2.25. The summed E-state index contributed by atoms with van der Waals surface area (Å²) in [5, 5.41) is 3.58. The normalized spacial score (nSPS) is 12.2. The van der Waals surface area contributed by atoms with Gasteiger partial charge in [-0.1, -0.05) is 59.6 Å². The van der Waals surface area contributed by atoms with Gasteiger partial charge >= 0.3 is 0 Å².